The number of aromatic nitrogens is 6. The molecule has 2 heterocycles. The number of para-hydroxylation sites is 2. The fraction of sp³-hybridized carbons (Fsp3) is 0.308. The molecule has 1 aliphatic rings. The Kier molecular flexibility index (Phi) is 3.26. The van der Waals surface area contributed by atoms with Crippen LogP contribution in [0.1, 0.15) is 18.9 Å². The highest BCUT2D eigenvalue weighted by molar-refractivity contribution is 7.99. The standard InChI is InChI=1S/C13H13N7OS/c21-12(7-22-13-15-17-18-20(13)9-5-6-9)16-19-8-14-10-3-1-2-4-11(10)19/h1-4,8-9H,5-7H2,(H,16,21). The minimum atomic E-state index is -0.126. The number of amides is 1. The van der Waals surface area contributed by atoms with Crippen molar-refractivity contribution < 1.29 is 4.79 Å². The zero-order chi connectivity index (χ0) is 14.9. The van der Waals surface area contributed by atoms with Gasteiger partial charge in [0.25, 0.3) is 0 Å². The first-order valence-corrected chi connectivity index (χ1v) is 7.92. The van der Waals surface area contributed by atoms with Crippen LogP contribution in [0, 0.1) is 0 Å². The summed E-state index contributed by atoms with van der Waals surface area (Å²) in [7, 11) is 0. The summed E-state index contributed by atoms with van der Waals surface area (Å²) < 4.78 is 3.42. The van der Waals surface area contributed by atoms with Crippen molar-refractivity contribution in [2.75, 3.05) is 11.2 Å². The van der Waals surface area contributed by atoms with E-state index in [-0.39, 0.29) is 11.7 Å². The first-order valence-electron chi connectivity index (χ1n) is 6.94. The van der Waals surface area contributed by atoms with Crippen LogP contribution in [0.5, 0.6) is 0 Å². The van der Waals surface area contributed by atoms with Gasteiger partial charge in [0.05, 0.1) is 22.8 Å². The third-order valence-electron chi connectivity index (χ3n) is 3.39. The smallest absolute Gasteiger partial charge is 0.249 e. The maximum Gasteiger partial charge on any atom is 0.249 e. The highest BCUT2D eigenvalue weighted by atomic mass is 32.2. The summed E-state index contributed by atoms with van der Waals surface area (Å²) in [5.74, 6) is 0.123. The Labute approximate surface area is 129 Å². The highest BCUT2D eigenvalue weighted by Gasteiger charge is 2.28. The van der Waals surface area contributed by atoms with Gasteiger partial charge in [0.15, 0.2) is 0 Å². The highest BCUT2D eigenvalue weighted by Crippen LogP contribution is 2.36. The summed E-state index contributed by atoms with van der Waals surface area (Å²) in [4.78, 5) is 16.3. The summed E-state index contributed by atoms with van der Waals surface area (Å²) >= 11 is 1.34. The lowest BCUT2D eigenvalue weighted by Gasteiger charge is -2.06. The van der Waals surface area contributed by atoms with Gasteiger partial charge in [-0.1, -0.05) is 23.9 Å². The van der Waals surface area contributed by atoms with Gasteiger partial charge in [0, 0.05) is 0 Å². The quantitative estimate of drug-likeness (QED) is 0.712. The van der Waals surface area contributed by atoms with E-state index >= 15 is 0 Å². The first-order chi connectivity index (χ1) is 10.8. The fourth-order valence-electron chi connectivity index (χ4n) is 2.17. The van der Waals surface area contributed by atoms with Crippen molar-refractivity contribution in [3.8, 4) is 0 Å². The topological polar surface area (TPSA) is 90.5 Å². The number of imidazole rings is 1. The molecule has 1 saturated carbocycles. The van der Waals surface area contributed by atoms with Crippen molar-refractivity contribution in [3.63, 3.8) is 0 Å². The number of hydrogen-bond donors (Lipinski definition) is 1. The van der Waals surface area contributed by atoms with E-state index in [1.54, 1.807) is 15.7 Å². The molecule has 1 N–H and O–H groups in total. The number of hydrogen-bond acceptors (Lipinski definition) is 6. The van der Waals surface area contributed by atoms with E-state index in [0.717, 1.165) is 23.9 Å². The molecule has 1 amide bonds. The van der Waals surface area contributed by atoms with E-state index in [1.807, 2.05) is 24.3 Å². The van der Waals surface area contributed by atoms with Gasteiger partial charge < -0.3 is 0 Å². The molecule has 0 bridgehead atoms. The normalized spacial score (nSPS) is 14.4. The average molecular weight is 315 g/mol. The monoisotopic (exact) mass is 315 g/mol. The van der Waals surface area contributed by atoms with Gasteiger partial charge in [0.2, 0.25) is 11.1 Å². The SMILES string of the molecule is O=C(CSc1nnnn1C1CC1)Nn1cnc2ccccc21. The van der Waals surface area contributed by atoms with Gasteiger partial charge >= 0.3 is 0 Å². The third kappa shape index (κ3) is 2.54. The number of fused-ring (bicyclic) bond motifs is 1. The predicted molar refractivity (Wildman–Crippen MR) is 80.9 cm³/mol. The van der Waals surface area contributed by atoms with Gasteiger partial charge in [-0.15, -0.1) is 5.10 Å². The number of nitrogens with one attached hydrogen (secondary N) is 1. The molecule has 0 spiro atoms. The van der Waals surface area contributed by atoms with E-state index in [2.05, 4.69) is 25.9 Å². The molecule has 1 fully saturated rings. The van der Waals surface area contributed by atoms with Crippen LogP contribution in [0.25, 0.3) is 11.0 Å². The molecule has 0 atom stereocenters. The van der Waals surface area contributed by atoms with Crippen molar-refractivity contribution >= 4 is 28.7 Å². The molecule has 112 valence electrons. The molecular formula is C13H13N7OS. The molecular weight excluding hydrogens is 302 g/mol. The Morgan fingerprint density at radius 1 is 1.36 bits per heavy atom. The summed E-state index contributed by atoms with van der Waals surface area (Å²) in [6, 6.07) is 8.03. The lowest BCUT2D eigenvalue weighted by Crippen LogP contribution is -2.23. The molecule has 1 aromatic carbocycles. The largest absolute Gasteiger partial charge is 0.272 e. The van der Waals surface area contributed by atoms with Gasteiger partial charge in [-0.2, -0.15) is 0 Å². The number of carbonyl (C=O) groups is 1. The average Bonchev–Trinajstić information content (AvgIpc) is 3.14. The van der Waals surface area contributed by atoms with Gasteiger partial charge in [-0.05, 0) is 35.4 Å². The van der Waals surface area contributed by atoms with Crippen LogP contribution in [0.2, 0.25) is 0 Å². The molecule has 0 radical (unpaired) electrons. The first kappa shape index (κ1) is 13.3. The van der Waals surface area contributed by atoms with Crippen LogP contribution < -0.4 is 5.43 Å². The summed E-state index contributed by atoms with van der Waals surface area (Å²) in [6.45, 7) is 0. The predicted octanol–water partition coefficient (Wildman–Crippen LogP) is 1.22. The van der Waals surface area contributed by atoms with E-state index in [9.17, 15) is 4.79 Å². The molecule has 0 saturated heterocycles. The van der Waals surface area contributed by atoms with Crippen LogP contribution in [0.3, 0.4) is 0 Å². The second-order valence-corrected chi connectivity index (χ2v) is 6.01. The van der Waals surface area contributed by atoms with Gasteiger partial charge in [-0.3, -0.25) is 10.2 Å². The van der Waals surface area contributed by atoms with E-state index in [1.165, 1.54) is 11.8 Å². The summed E-state index contributed by atoms with van der Waals surface area (Å²) in [5.41, 5.74) is 4.51. The third-order valence-corrected chi connectivity index (χ3v) is 4.32. The lowest BCUT2D eigenvalue weighted by atomic mass is 10.3. The molecule has 3 aromatic rings. The maximum atomic E-state index is 12.1. The molecule has 8 nitrogen and oxygen atoms in total. The molecule has 0 aliphatic heterocycles. The Morgan fingerprint density at radius 3 is 3.09 bits per heavy atom. The summed E-state index contributed by atoms with van der Waals surface area (Å²) in [5, 5.41) is 12.3. The molecule has 4 rings (SSSR count). The fourth-order valence-corrected chi connectivity index (χ4v) is 2.91. The van der Waals surface area contributed by atoms with Crippen molar-refractivity contribution in [1.82, 2.24) is 29.9 Å². The van der Waals surface area contributed by atoms with Gasteiger partial charge in [0.1, 0.15) is 6.33 Å². The zero-order valence-corrected chi connectivity index (χ0v) is 12.4. The van der Waals surface area contributed by atoms with Crippen LogP contribution in [-0.4, -0.2) is 41.5 Å². The Bertz CT molecular complexity index is 823. The van der Waals surface area contributed by atoms with Crippen LogP contribution in [0.4, 0.5) is 0 Å². The van der Waals surface area contributed by atoms with E-state index < -0.39 is 0 Å². The second kappa shape index (κ2) is 5.41. The van der Waals surface area contributed by atoms with Crippen LogP contribution in [-0.2, 0) is 4.79 Å². The number of thioether (sulfide) groups is 1. The molecule has 22 heavy (non-hydrogen) atoms. The van der Waals surface area contributed by atoms with Gasteiger partial charge in [-0.25, -0.2) is 14.3 Å². The molecule has 0 unspecified atom stereocenters. The van der Waals surface area contributed by atoms with E-state index in [4.69, 9.17) is 0 Å². The molecule has 9 heteroatoms. The lowest BCUT2D eigenvalue weighted by molar-refractivity contribution is -0.114. The number of rotatable bonds is 5. The van der Waals surface area contributed by atoms with Crippen LogP contribution >= 0.6 is 11.8 Å². The van der Waals surface area contributed by atoms with Crippen LogP contribution in [0.15, 0.2) is 35.7 Å². The van der Waals surface area contributed by atoms with E-state index in [0.29, 0.717) is 11.2 Å². The Morgan fingerprint density at radius 2 is 2.23 bits per heavy atom. The minimum absolute atomic E-state index is 0.126. The zero-order valence-electron chi connectivity index (χ0n) is 11.6. The molecule has 2 aromatic heterocycles. The number of nitrogens with zero attached hydrogens (tertiary/aromatic N) is 6. The molecule has 1 aliphatic carbocycles. The maximum absolute atomic E-state index is 12.1. The van der Waals surface area contributed by atoms with Crippen molar-refractivity contribution in [2.45, 2.75) is 24.0 Å². The number of benzene rings is 1. The van der Waals surface area contributed by atoms with Crippen molar-refractivity contribution in [2.24, 2.45) is 0 Å². The number of carbonyl (C=O) groups excluding carboxylic acids is 1. The Balaban J connectivity index is 1.41. The Hall–Kier alpha value is -2.42. The number of tetrazole rings is 1. The second-order valence-electron chi connectivity index (χ2n) is 5.06. The van der Waals surface area contributed by atoms with Crippen molar-refractivity contribution in [3.05, 3.63) is 30.6 Å². The summed E-state index contributed by atoms with van der Waals surface area (Å²) in [6.07, 6.45) is 3.80. The van der Waals surface area contributed by atoms with Crippen molar-refractivity contribution in [1.29, 1.82) is 0 Å². The minimum Gasteiger partial charge on any atom is -0.272 e.